The normalized spacial score (nSPS) is 15.7. The van der Waals surface area contributed by atoms with Crippen LogP contribution in [0.1, 0.15) is 54.3 Å². The molecule has 4 aromatic rings. The highest BCUT2D eigenvalue weighted by Gasteiger charge is 2.34. The minimum absolute atomic E-state index is 0.157. The van der Waals surface area contributed by atoms with Crippen molar-refractivity contribution in [3.8, 4) is 0 Å². The van der Waals surface area contributed by atoms with Crippen molar-refractivity contribution < 1.29 is 9.53 Å². The first kappa shape index (κ1) is 24.2. The molecular formula is C29H26N2O3S2. The third-order valence-corrected chi connectivity index (χ3v) is 8.08. The average Bonchev–Trinajstić information content (AvgIpc) is 3.51. The van der Waals surface area contributed by atoms with Gasteiger partial charge in [-0.3, -0.25) is 9.36 Å². The van der Waals surface area contributed by atoms with E-state index >= 15 is 0 Å². The van der Waals surface area contributed by atoms with Crippen molar-refractivity contribution in [2.45, 2.75) is 39.3 Å². The third-order valence-electron chi connectivity index (χ3n) is 6.17. The maximum absolute atomic E-state index is 13.7. The van der Waals surface area contributed by atoms with Crippen LogP contribution in [0.4, 0.5) is 0 Å². The third kappa shape index (κ3) is 4.76. The van der Waals surface area contributed by atoms with E-state index in [1.165, 1.54) is 28.2 Å². The van der Waals surface area contributed by atoms with Crippen LogP contribution in [0.15, 0.2) is 93.2 Å². The highest BCUT2D eigenvalue weighted by Crippen LogP contribution is 2.33. The number of thiophene rings is 1. The molecule has 0 spiro atoms. The Morgan fingerprint density at radius 1 is 1.08 bits per heavy atom. The molecule has 5 rings (SSSR count). The number of hydrogen-bond donors (Lipinski definition) is 0. The molecule has 7 heteroatoms. The number of benzene rings is 2. The zero-order valence-electron chi connectivity index (χ0n) is 20.3. The summed E-state index contributed by atoms with van der Waals surface area (Å²) >= 11 is 2.85. The first-order chi connectivity index (χ1) is 17.4. The van der Waals surface area contributed by atoms with Gasteiger partial charge in [0.25, 0.3) is 5.56 Å². The fraction of sp³-hybridized carbons (Fsp3) is 0.207. The molecular weight excluding hydrogens is 488 g/mol. The Kier molecular flexibility index (Phi) is 6.85. The maximum Gasteiger partial charge on any atom is 0.338 e. The van der Waals surface area contributed by atoms with Gasteiger partial charge in [0.15, 0.2) is 4.80 Å². The Labute approximate surface area is 217 Å². The fourth-order valence-corrected chi connectivity index (χ4v) is 6.10. The highest BCUT2D eigenvalue weighted by atomic mass is 32.1. The van der Waals surface area contributed by atoms with Crippen LogP contribution in [0.3, 0.4) is 0 Å². The molecule has 3 heterocycles. The number of thiazole rings is 1. The van der Waals surface area contributed by atoms with Crippen LogP contribution in [0, 0.1) is 0 Å². The summed E-state index contributed by atoms with van der Waals surface area (Å²) in [5, 5.41) is 1.95. The fourth-order valence-electron chi connectivity index (χ4n) is 4.23. The lowest BCUT2D eigenvalue weighted by Crippen LogP contribution is -2.39. The summed E-state index contributed by atoms with van der Waals surface area (Å²) < 4.78 is 7.90. The molecule has 182 valence electrons. The van der Waals surface area contributed by atoms with Crippen molar-refractivity contribution in [1.82, 2.24) is 4.57 Å². The summed E-state index contributed by atoms with van der Waals surface area (Å²) in [5.41, 5.74) is 3.91. The Hall–Kier alpha value is -3.55. The molecule has 1 aliphatic rings. The summed E-state index contributed by atoms with van der Waals surface area (Å²) in [6.07, 6.45) is 1.89. The van der Waals surface area contributed by atoms with Gasteiger partial charge in [-0.05, 0) is 47.1 Å². The van der Waals surface area contributed by atoms with Crippen molar-refractivity contribution >= 4 is 34.7 Å². The lowest BCUT2D eigenvalue weighted by Gasteiger charge is -2.23. The van der Waals surface area contributed by atoms with E-state index in [0.717, 1.165) is 16.0 Å². The van der Waals surface area contributed by atoms with Crippen molar-refractivity contribution in [3.63, 3.8) is 0 Å². The van der Waals surface area contributed by atoms with E-state index in [-0.39, 0.29) is 12.2 Å². The Balaban J connectivity index is 1.55. The molecule has 2 aromatic heterocycles. The van der Waals surface area contributed by atoms with Crippen molar-refractivity contribution in [3.05, 3.63) is 125 Å². The van der Waals surface area contributed by atoms with Crippen molar-refractivity contribution in [2.24, 2.45) is 4.99 Å². The number of carbonyl (C=O) groups is 1. The number of allylic oxidation sites excluding steroid dienone is 1. The summed E-state index contributed by atoms with van der Waals surface area (Å²) in [4.78, 5) is 33.1. The number of carbonyl (C=O) groups excluding carboxylic acids is 1. The smallest absolute Gasteiger partial charge is 0.338 e. The maximum atomic E-state index is 13.7. The van der Waals surface area contributed by atoms with Gasteiger partial charge >= 0.3 is 5.97 Å². The van der Waals surface area contributed by atoms with Gasteiger partial charge < -0.3 is 4.74 Å². The van der Waals surface area contributed by atoms with E-state index in [2.05, 4.69) is 31.0 Å². The van der Waals surface area contributed by atoms with E-state index in [9.17, 15) is 9.59 Å². The Morgan fingerprint density at radius 2 is 1.83 bits per heavy atom. The molecule has 5 nitrogen and oxygen atoms in total. The molecule has 1 aliphatic heterocycles. The summed E-state index contributed by atoms with van der Waals surface area (Å²) in [5.74, 6) is -0.0183. The molecule has 0 saturated carbocycles. The molecule has 2 aromatic carbocycles. The number of fused-ring (bicyclic) bond motifs is 1. The van der Waals surface area contributed by atoms with Crippen LogP contribution < -0.4 is 14.9 Å². The minimum Gasteiger partial charge on any atom is -0.457 e. The molecule has 36 heavy (non-hydrogen) atoms. The number of nitrogens with zero attached hydrogens (tertiary/aromatic N) is 2. The van der Waals surface area contributed by atoms with Crippen LogP contribution in [0.25, 0.3) is 6.08 Å². The first-order valence-corrected chi connectivity index (χ1v) is 13.5. The standard InChI is InChI=1S/C29H26N2O3S2/c1-18(2)22-13-11-20(12-14-22)16-24-27(32)31-26(23-10-7-15-35-23)25(19(3)30-29(31)36-24)28(33)34-17-21-8-5-4-6-9-21/h4-16,18,26H,17H2,1-3H3/b24-16+/t26-/m0/s1. The predicted molar refractivity (Wildman–Crippen MR) is 145 cm³/mol. The average molecular weight is 515 g/mol. The van der Waals surface area contributed by atoms with Gasteiger partial charge in [-0.25, -0.2) is 9.79 Å². The molecule has 0 bridgehead atoms. The summed E-state index contributed by atoms with van der Waals surface area (Å²) in [7, 11) is 0. The van der Waals surface area contributed by atoms with Crippen LogP contribution in [-0.4, -0.2) is 10.5 Å². The van der Waals surface area contributed by atoms with Crippen molar-refractivity contribution in [2.75, 3.05) is 0 Å². The number of esters is 1. The lowest BCUT2D eigenvalue weighted by molar-refractivity contribution is -0.140. The predicted octanol–water partition coefficient (Wildman–Crippen LogP) is 5.16. The largest absolute Gasteiger partial charge is 0.457 e. The van der Waals surface area contributed by atoms with Gasteiger partial charge in [0, 0.05) is 4.88 Å². The first-order valence-electron chi connectivity index (χ1n) is 11.8. The van der Waals surface area contributed by atoms with Crippen molar-refractivity contribution in [1.29, 1.82) is 0 Å². The molecule has 1 atom stereocenters. The second kappa shape index (κ2) is 10.2. The molecule has 0 unspecified atom stereocenters. The molecule has 0 fully saturated rings. The monoisotopic (exact) mass is 514 g/mol. The Morgan fingerprint density at radius 3 is 2.50 bits per heavy atom. The van der Waals surface area contributed by atoms with Gasteiger partial charge in [-0.2, -0.15) is 0 Å². The summed E-state index contributed by atoms with van der Waals surface area (Å²) in [6, 6.07) is 21.1. The molecule has 0 radical (unpaired) electrons. The number of hydrogen-bond acceptors (Lipinski definition) is 6. The van der Waals surface area contributed by atoms with Gasteiger partial charge in [0.1, 0.15) is 12.6 Å². The van der Waals surface area contributed by atoms with E-state index in [0.29, 0.717) is 26.5 Å². The molecule has 0 saturated heterocycles. The van der Waals surface area contributed by atoms with E-state index < -0.39 is 12.0 Å². The molecule has 0 amide bonds. The topological polar surface area (TPSA) is 60.7 Å². The van der Waals surface area contributed by atoms with E-state index in [1.54, 1.807) is 11.5 Å². The van der Waals surface area contributed by atoms with Gasteiger partial charge in [0.05, 0.1) is 15.8 Å². The highest BCUT2D eigenvalue weighted by molar-refractivity contribution is 7.10. The van der Waals surface area contributed by atoms with Gasteiger partial charge in [-0.1, -0.05) is 85.8 Å². The lowest BCUT2D eigenvalue weighted by atomic mass is 10.0. The SMILES string of the molecule is CC1=C(C(=O)OCc2ccccc2)[C@H](c2cccs2)n2c(s/c(=C/c3ccc(C(C)C)cc3)c2=O)=N1. The zero-order valence-corrected chi connectivity index (χ0v) is 21.9. The van der Waals surface area contributed by atoms with E-state index in [4.69, 9.17) is 4.74 Å². The number of rotatable bonds is 6. The number of aromatic nitrogens is 1. The van der Waals surface area contributed by atoms with Crippen LogP contribution >= 0.6 is 22.7 Å². The van der Waals surface area contributed by atoms with Crippen LogP contribution in [0.2, 0.25) is 0 Å². The van der Waals surface area contributed by atoms with E-state index in [1.807, 2.05) is 66.1 Å². The Bertz CT molecular complexity index is 1590. The summed E-state index contributed by atoms with van der Waals surface area (Å²) in [6.45, 7) is 6.27. The zero-order chi connectivity index (χ0) is 25.2. The molecule has 0 N–H and O–H groups in total. The minimum atomic E-state index is -0.574. The van der Waals surface area contributed by atoms with Gasteiger partial charge in [0.2, 0.25) is 0 Å². The quantitative estimate of drug-likeness (QED) is 0.334. The van der Waals surface area contributed by atoms with Gasteiger partial charge in [-0.15, -0.1) is 11.3 Å². The van der Waals surface area contributed by atoms with Crippen LogP contribution in [-0.2, 0) is 16.1 Å². The number of ether oxygens (including phenoxy) is 1. The molecule has 0 aliphatic carbocycles. The second-order valence-corrected chi connectivity index (χ2v) is 11.0. The van der Waals surface area contributed by atoms with Crippen LogP contribution in [0.5, 0.6) is 0 Å². The second-order valence-electron chi connectivity index (χ2n) is 8.98.